The summed E-state index contributed by atoms with van der Waals surface area (Å²) in [6.45, 7) is 0. The summed E-state index contributed by atoms with van der Waals surface area (Å²) in [7, 11) is 0. The monoisotopic (exact) mass is 162 g/mol. The van der Waals surface area contributed by atoms with Crippen LogP contribution in [0.3, 0.4) is 0 Å². The lowest BCUT2D eigenvalue weighted by Crippen LogP contribution is -2.04. The van der Waals surface area contributed by atoms with Crippen molar-refractivity contribution in [2.45, 2.75) is 38.5 Å². The Bertz CT molecular complexity index is 258. The van der Waals surface area contributed by atoms with Gasteiger partial charge in [-0.25, -0.2) is 0 Å². The van der Waals surface area contributed by atoms with Gasteiger partial charge in [-0.3, -0.25) is 4.79 Å². The van der Waals surface area contributed by atoms with Crippen molar-refractivity contribution in [3.63, 3.8) is 0 Å². The summed E-state index contributed by atoms with van der Waals surface area (Å²) in [4.78, 5) is 11.0. The first kappa shape index (κ1) is 7.78. The Kier molecular flexibility index (Phi) is 2.11. The molecule has 0 saturated heterocycles. The summed E-state index contributed by atoms with van der Waals surface area (Å²) in [5.41, 5.74) is 2.97. The number of carbonyl (C=O) groups excluding carboxylic acids is 1. The second-order valence-corrected chi connectivity index (χ2v) is 3.59. The number of hydrogen-bond donors (Lipinski definition) is 0. The minimum absolute atomic E-state index is 0.400. The van der Waals surface area contributed by atoms with E-state index in [0.29, 0.717) is 12.2 Å². The minimum Gasteiger partial charge on any atom is -0.299 e. The molecule has 1 heteroatoms. The topological polar surface area (TPSA) is 17.1 Å². The molecule has 2 rings (SSSR count). The van der Waals surface area contributed by atoms with Gasteiger partial charge in [-0.15, -0.1) is 0 Å². The van der Waals surface area contributed by atoms with Crippen LogP contribution in [-0.2, 0) is 4.79 Å². The van der Waals surface area contributed by atoms with E-state index in [9.17, 15) is 4.79 Å². The summed E-state index contributed by atoms with van der Waals surface area (Å²) < 4.78 is 0. The number of ketones is 1. The van der Waals surface area contributed by atoms with E-state index < -0.39 is 0 Å². The highest BCUT2D eigenvalue weighted by atomic mass is 16.1. The van der Waals surface area contributed by atoms with Gasteiger partial charge in [-0.1, -0.05) is 12.2 Å². The highest BCUT2D eigenvalue weighted by Crippen LogP contribution is 2.30. The fraction of sp³-hybridized carbons (Fsp3) is 0.545. The van der Waals surface area contributed by atoms with E-state index in [4.69, 9.17) is 0 Å². The fourth-order valence-corrected chi connectivity index (χ4v) is 1.97. The predicted octanol–water partition coefficient (Wildman–Crippen LogP) is 2.78. The first-order valence-corrected chi connectivity index (χ1v) is 4.76. The molecule has 1 nitrogen and oxygen atoms in total. The number of carbonyl (C=O) groups is 1. The van der Waals surface area contributed by atoms with Crippen LogP contribution in [0.15, 0.2) is 23.3 Å². The Morgan fingerprint density at radius 1 is 1.00 bits per heavy atom. The third kappa shape index (κ3) is 1.50. The number of allylic oxidation sites excluding steroid dienone is 4. The molecule has 0 aliphatic heterocycles. The Morgan fingerprint density at radius 2 is 1.83 bits per heavy atom. The van der Waals surface area contributed by atoms with E-state index in [0.717, 1.165) is 12.8 Å². The van der Waals surface area contributed by atoms with Crippen LogP contribution in [0.2, 0.25) is 0 Å². The second-order valence-electron chi connectivity index (χ2n) is 3.59. The Hall–Kier alpha value is -0.850. The van der Waals surface area contributed by atoms with Crippen LogP contribution < -0.4 is 0 Å². The normalized spacial score (nSPS) is 23.8. The molecule has 0 atom stereocenters. The number of Topliss-reactive ketones (excluding diaryl/α,β-unsaturated/α-hetero) is 1. The van der Waals surface area contributed by atoms with Crippen molar-refractivity contribution in [3.8, 4) is 0 Å². The Morgan fingerprint density at radius 3 is 2.42 bits per heavy atom. The first-order valence-electron chi connectivity index (χ1n) is 4.76. The van der Waals surface area contributed by atoms with Crippen LogP contribution in [0.5, 0.6) is 0 Å². The molecule has 2 aliphatic carbocycles. The van der Waals surface area contributed by atoms with Gasteiger partial charge in [0.05, 0.1) is 0 Å². The molecule has 0 bridgehead atoms. The fourth-order valence-electron chi connectivity index (χ4n) is 1.97. The molecule has 0 radical (unpaired) electrons. The molecule has 12 heavy (non-hydrogen) atoms. The maximum absolute atomic E-state index is 11.0. The van der Waals surface area contributed by atoms with E-state index >= 15 is 0 Å². The van der Waals surface area contributed by atoms with Crippen molar-refractivity contribution >= 4 is 5.78 Å². The molecule has 0 saturated carbocycles. The quantitative estimate of drug-likeness (QED) is 0.579. The predicted molar refractivity (Wildman–Crippen MR) is 48.9 cm³/mol. The van der Waals surface area contributed by atoms with Gasteiger partial charge >= 0.3 is 0 Å². The van der Waals surface area contributed by atoms with E-state index in [1.807, 2.05) is 0 Å². The lowest BCUT2D eigenvalue weighted by atomic mass is 9.92. The summed E-state index contributed by atoms with van der Waals surface area (Å²) >= 11 is 0. The SMILES string of the molecule is O=C1CC=C(C2=CCCC2)CC1. The molecule has 0 spiro atoms. The molecule has 0 amide bonds. The molecule has 64 valence electrons. The van der Waals surface area contributed by atoms with Gasteiger partial charge in [-0.05, 0) is 36.8 Å². The van der Waals surface area contributed by atoms with E-state index in [1.165, 1.54) is 30.4 Å². The van der Waals surface area contributed by atoms with Crippen LogP contribution >= 0.6 is 0 Å². The zero-order chi connectivity index (χ0) is 8.39. The van der Waals surface area contributed by atoms with Crippen molar-refractivity contribution in [1.82, 2.24) is 0 Å². The maximum Gasteiger partial charge on any atom is 0.137 e. The molecule has 0 aromatic rings. The first-order chi connectivity index (χ1) is 5.86. The molecule has 0 unspecified atom stereocenters. The lowest BCUT2D eigenvalue weighted by molar-refractivity contribution is -0.118. The third-order valence-corrected chi connectivity index (χ3v) is 2.70. The Balaban J connectivity index is 2.09. The number of hydrogen-bond acceptors (Lipinski definition) is 1. The smallest absolute Gasteiger partial charge is 0.137 e. The van der Waals surface area contributed by atoms with Gasteiger partial charge < -0.3 is 0 Å². The van der Waals surface area contributed by atoms with Gasteiger partial charge in [0.15, 0.2) is 0 Å². The van der Waals surface area contributed by atoms with Gasteiger partial charge in [0.2, 0.25) is 0 Å². The highest BCUT2D eigenvalue weighted by Gasteiger charge is 2.15. The highest BCUT2D eigenvalue weighted by molar-refractivity contribution is 5.81. The standard InChI is InChI=1S/C11H14O/c12-11-7-5-10(6-8-11)9-3-1-2-4-9/h3,5H,1-2,4,6-8H2. The second kappa shape index (κ2) is 3.26. The largest absolute Gasteiger partial charge is 0.299 e. The van der Waals surface area contributed by atoms with Crippen molar-refractivity contribution in [2.24, 2.45) is 0 Å². The lowest BCUT2D eigenvalue weighted by Gasteiger charge is -2.12. The van der Waals surface area contributed by atoms with Gasteiger partial charge in [0.1, 0.15) is 5.78 Å². The molecule has 0 aromatic carbocycles. The summed E-state index contributed by atoms with van der Waals surface area (Å²) in [6, 6.07) is 0. The van der Waals surface area contributed by atoms with E-state index in [-0.39, 0.29) is 0 Å². The third-order valence-electron chi connectivity index (χ3n) is 2.70. The van der Waals surface area contributed by atoms with Gasteiger partial charge in [0.25, 0.3) is 0 Å². The Labute approximate surface area is 73.2 Å². The summed E-state index contributed by atoms with van der Waals surface area (Å²) in [6.07, 6.45) is 10.7. The summed E-state index contributed by atoms with van der Waals surface area (Å²) in [5.74, 6) is 0.400. The average Bonchev–Trinajstić information content (AvgIpc) is 2.58. The van der Waals surface area contributed by atoms with Crippen molar-refractivity contribution < 1.29 is 4.79 Å². The molecular formula is C11H14O. The van der Waals surface area contributed by atoms with Crippen LogP contribution in [0.1, 0.15) is 38.5 Å². The molecule has 2 aliphatic rings. The van der Waals surface area contributed by atoms with Crippen LogP contribution in [-0.4, -0.2) is 5.78 Å². The van der Waals surface area contributed by atoms with Crippen LogP contribution in [0.4, 0.5) is 0 Å². The van der Waals surface area contributed by atoms with Gasteiger partial charge in [-0.2, -0.15) is 0 Å². The molecule has 0 fully saturated rings. The molecule has 0 heterocycles. The zero-order valence-corrected chi connectivity index (χ0v) is 7.31. The van der Waals surface area contributed by atoms with Crippen LogP contribution in [0.25, 0.3) is 0 Å². The molecule has 0 aromatic heterocycles. The van der Waals surface area contributed by atoms with E-state index in [1.54, 1.807) is 0 Å². The maximum atomic E-state index is 11.0. The van der Waals surface area contributed by atoms with Crippen molar-refractivity contribution in [1.29, 1.82) is 0 Å². The van der Waals surface area contributed by atoms with E-state index in [2.05, 4.69) is 12.2 Å². The number of rotatable bonds is 1. The average molecular weight is 162 g/mol. The minimum atomic E-state index is 0.400. The van der Waals surface area contributed by atoms with Crippen LogP contribution in [0, 0.1) is 0 Å². The molecule has 0 N–H and O–H groups in total. The van der Waals surface area contributed by atoms with Crippen molar-refractivity contribution in [2.75, 3.05) is 0 Å². The molecular weight excluding hydrogens is 148 g/mol. The van der Waals surface area contributed by atoms with Gasteiger partial charge in [0, 0.05) is 12.8 Å². The summed E-state index contributed by atoms with van der Waals surface area (Å²) in [5, 5.41) is 0. The van der Waals surface area contributed by atoms with Crippen molar-refractivity contribution in [3.05, 3.63) is 23.3 Å². The zero-order valence-electron chi connectivity index (χ0n) is 7.31.